The van der Waals surface area contributed by atoms with Crippen molar-refractivity contribution in [1.29, 1.82) is 0 Å². The molecular formula is C8H13NS. The maximum atomic E-state index is 4.20. The van der Waals surface area contributed by atoms with E-state index in [9.17, 15) is 0 Å². The van der Waals surface area contributed by atoms with Crippen LogP contribution in [0.2, 0.25) is 0 Å². The van der Waals surface area contributed by atoms with Crippen LogP contribution in [0.25, 0.3) is 0 Å². The zero-order valence-electron chi connectivity index (χ0n) is 6.93. The van der Waals surface area contributed by atoms with Crippen molar-refractivity contribution in [1.82, 2.24) is 4.98 Å². The summed E-state index contributed by atoms with van der Waals surface area (Å²) in [5.41, 5.74) is 0.270. The molecule has 0 amide bonds. The first-order valence-electron chi connectivity index (χ1n) is 3.43. The van der Waals surface area contributed by atoms with E-state index in [2.05, 4.69) is 25.8 Å². The van der Waals surface area contributed by atoms with Crippen molar-refractivity contribution >= 4 is 11.3 Å². The molecule has 0 atom stereocenters. The Labute approximate surface area is 66.1 Å². The summed E-state index contributed by atoms with van der Waals surface area (Å²) >= 11 is 1.78. The van der Waals surface area contributed by atoms with Gasteiger partial charge in [-0.25, -0.2) is 4.98 Å². The highest BCUT2D eigenvalue weighted by molar-refractivity contribution is 7.11. The van der Waals surface area contributed by atoms with Gasteiger partial charge in [-0.3, -0.25) is 0 Å². The standard InChI is InChI=1S/C8H13NS/c1-6-9-5-7(10-6)8(2,3)4/h5H,1-4H3. The van der Waals surface area contributed by atoms with Crippen LogP contribution in [0.3, 0.4) is 0 Å². The van der Waals surface area contributed by atoms with E-state index in [0.717, 1.165) is 5.01 Å². The molecule has 0 saturated carbocycles. The maximum absolute atomic E-state index is 4.20. The van der Waals surface area contributed by atoms with Gasteiger partial charge in [-0.15, -0.1) is 11.3 Å². The third-order valence-corrected chi connectivity index (χ3v) is 2.70. The summed E-state index contributed by atoms with van der Waals surface area (Å²) in [5, 5.41) is 1.16. The minimum absolute atomic E-state index is 0.270. The average Bonchev–Trinajstić information content (AvgIpc) is 2.11. The molecule has 1 aromatic rings. The average molecular weight is 155 g/mol. The van der Waals surface area contributed by atoms with E-state index in [1.54, 1.807) is 11.3 Å². The molecule has 0 N–H and O–H groups in total. The van der Waals surface area contributed by atoms with Crippen molar-refractivity contribution in [2.75, 3.05) is 0 Å². The molecule has 2 heteroatoms. The van der Waals surface area contributed by atoms with Gasteiger partial charge in [0.15, 0.2) is 0 Å². The SMILES string of the molecule is Cc1ncc(C(C)(C)C)s1. The quantitative estimate of drug-likeness (QED) is 0.561. The van der Waals surface area contributed by atoms with Gasteiger partial charge in [-0.05, 0) is 12.3 Å². The normalized spacial score (nSPS) is 12.0. The van der Waals surface area contributed by atoms with Gasteiger partial charge >= 0.3 is 0 Å². The van der Waals surface area contributed by atoms with Crippen LogP contribution in [-0.4, -0.2) is 4.98 Å². The van der Waals surface area contributed by atoms with E-state index >= 15 is 0 Å². The van der Waals surface area contributed by atoms with Gasteiger partial charge in [0.25, 0.3) is 0 Å². The predicted octanol–water partition coefficient (Wildman–Crippen LogP) is 2.75. The van der Waals surface area contributed by atoms with Gasteiger partial charge in [0, 0.05) is 11.1 Å². The number of rotatable bonds is 0. The Kier molecular flexibility index (Phi) is 1.82. The summed E-state index contributed by atoms with van der Waals surface area (Å²) in [7, 11) is 0. The Hall–Kier alpha value is -0.370. The van der Waals surface area contributed by atoms with E-state index < -0.39 is 0 Å². The number of hydrogen-bond donors (Lipinski definition) is 0. The first kappa shape index (κ1) is 7.73. The van der Waals surface area contributed by atoms with Gasteiger partial charge in [-0.2, -0.15) is 0 Å². The summed E-state index contributed by atoms with van der Waals surface area (Å²) < 4.78 is 0. The second-order valence-electron chi connectivity index (χ2n) is 3.49. The van der Waals surface area contributed by atoms with Crippen LogP contribution in [-0.2, 0) is 5.41 Å². The molecule has 0 fully saturated rings. The largest absolute Gasteiger partial charge is 0.250 e. The molecule has 1 rings (SSSR count). The van der Waals surface area contributed by atoms with E-state index in [1.165, 1.54) is 4.88 Å². The van der Waals surface area contributed by atoms with Crippen LogP contribution >= 0.6 is 11.3 Å². The second kappa shape index (κ2) is 2.35. The molecule has 10 heavy (non-hydrogen) atoms. The third kappa shape index (κ3) is 1.57. The molecule has 0 bridgehead atoms. The number of aromatic nitrogens is 1. The van der Waals surface area contributed by atoms with E-state index in [4.69, 9.17) is 0 Å². The van der Waals surface area contributed by atoms with Crippen LogP contribution in [0.5, 0.6) is 0 Å². The van der Waals surface area contributed by atoms with Gasteiger partial charge in [0.1, 0.15) is 0 Å². The van der Waals surface area contributed by atoms with Crippen molar-refractivity contribution < 1.29 is 0 Å². The highest BCUT2D eigenvalue weighted by Crippen LogP contribution is 2.26. The molecule has 0 aliphatic heterocycles. The molecule has 1 heterocycles. The summed E-state index contributed by atoms with van der Waals surface area (Å²) in [6, 6.07) is 0. The monoisotopic (exact) mass is 155 g/mol. The topological polar surface area (TPSA) is 12.9 Å². The number of hydrogen-bond acceptors (Lipinski definition) is 2. The molecule has 1 aromatic heterocycles. The summed E-state index contributed by atoms with van der Waals surface area (Å²) in [4.78, 5) is 5.57. The first-order valence-corrected chi connectivity index (χ1v) is 4.25. The van der Waals surface area contributed by atoms with Crippen LogP contribution in [0.4, 0.5) is 0 Å². The summed E-state index contributed by atoms with van der Waals surface area (Å²) in [5.74, 6) is 0. The van der Waals surface area contributed by atoms with Gasteiger partial charge in [-0.1, -0.05) is 20.8 Å². The number of nitrogens with zero attached hydrogens (tertiary/aromatic N) is 1. The lowest BCUT2D eigenvalue weighted by Gasteiger charge is -2.14. The lowest BCUT2D eigenvalue weighted by molar-refractivity contribution is 0.602. The zero-order valence-corrected chi connectivity index (χ0v) is 7.75. The molecule has 0 radical (unpaired) electrons. The molecule has 0 unspecified atom stereocenters. The smallest absolute Gasteiger partial charge is 0.0896 e. The fourth-order valence-corrected chi connectivity index (χ4v) is 1.54. The molecular weight excluding hydrogens is 142 g/mol. The maximum Gasteiger partial charge on any atom is 0.0896 e. The first-order chi connectivity index (χ1) is 4.50. The lowest BCUT2D eigenvalue weighted by atomic mass is 9.96. The third-order valence-electron chi connectivity index (χ3n) is 1.36. The lowest BCUT2D eigenvalue weighted by Crippen LogP contribution is -2.07. The minimum Gasteiger partial charge on any atom is -0.250 e. The molecule has 0 saturated heterocycles. The number of aryl methyl sites for hydroxylation is 1. The Morgan fingerprint density at radius 3 is 2.20 bits per heavy atom. The van der Waals surface area contributed by atoms with Crippen molar-refractivity contribution in [2.24, 2.45) is 0 Å². The van der Waals surface area contributed by atoms with Crippen molar-refractivity contribution in [3.63, 3.8) is 0 Å². The summed E-state index contributed by atoms with van der Waals surface area (Å²) in [6.07, 6.45) is 1.97. The Balaban J connectivity index is 2.96. The van der Waals surface area contributed by atoms with Gasteiger partial charge in [0.2, 0.25) is 0 Å². The van der Waals surface area contributed by atoms with E-state index in [1.807, 2.05) is 13.1 Å². The van der Waals surface area contributed by atoms with Crippen molar-refractivity contribution in [3.8, 4) is 0 Å². The van der Waals surface area contributed by atoms with Crippen LogP contribution in [0.1, 0.15) is 30.7 Å². The predicted molar refractivity (Wildman–Crippen MR) is 45.6 cm³/mol. The van der Waals surface area contributed by atoms with Gasteiger partial charge in [0.05, 0.1) is 5.01 Å². The minimum atomic E-state index is 0.270. The molecule has 0 spiro atoms. The molecule has 0 aromatic carbocycles. The Bertz CT molecular complexity index is 219. The molecule has 0 aliphatic rings. The molecule has 1 nitrogen and oxygen atoms in total. The highest BCUT2D eigenvalue weighted by Gasteiger charge is 2.15. The molecule has 0 aliphatic carbocycles. The van der Waals surface area contributed by atoms with E-state index in [-0.39, 0.29) is 5.41 Å². The van der Waals surface area contributed by atoms with Crippen molar-refractivity contribution in [2.45, 2.75) is 33.1 Å². The highest BCUT2D eigenvalue weighted by atomic mass is 32.1. The Morgan fingerprint density at radius 2 is 2.00 bits per heavy atom. The van der Waals surface area contributed by atoms with Crippen LogP contribution in [0, 0.1) is 6.92 Å². The van der Waals surface area contributed by atoms with Crippen LogP contribution < -0.4 is 0 Å². The van der Waals surface area contributed by atoms with E-state index in [0.29, 0.717) is 0 Å². The molecule has 56 valence electrons. The fraction of sp³-hybridized carbons (Fsp3) is 0.625. The summed E-state index contributed by atoms with van der Waals surface area (Å²) in [6.45, 7) is 8.67. The van der Waals surface area contributed by atoms with Crippen molar-refractivity contribution in [3.05, 3.63) is 16.1 Å². The fourth-order valence-electron chi connectivity index (χ4n) is 0.708. The van der Waals surface area contributed by atoms with Crippen LogP contribution in [0.15, 0.2) is 6.20 Å². The number of thiazole rings is 1. The zero-order chi connectivity index (χ0) is 7.78. The Morgan fingerprint density at radius 1 is 1.40 bits per heavy atom. The van der Waals surface area contributed by atoms with Gasteiger partial charge < -0.3 is 0 Å². The second-order valence-corrected chi connectivity index (χ2v) is 4.73.